The summed E-state index contributed by atoms with van der Waals surface area (Å²) < 4.78 is 5.68. The first-order chi connectivity index (χ1) is 9.96. The number of nitrogens with one attached hydrogen (secondary N) is 2. The van der Waals surface area contributed by atoms with Gasteiger partial charge in [-0.1, -0.05) is 13.8 Å². The highest BCUT2D eigenvalue weighted by atomic mass is 32.1. The van der Waals surface area contributed by atoms with Gasteiger partial charge >= 0.3 is 0 Å². The number of rotatable bonds is 6. The monoisotopic (exact) mass is 308 g/mol. The summed E-state index contributed by atoms with van der Waals surface area (Å²) in [6.45, 7) is 8.15. The Hall–Kier alpha value is -1.62. The molecule has 116 valence electrons. The van der Waals surface area contributed by atoms with Gasteiger partial charge in [0.25, 0.3) is 5.91 Å². The summed E-state index contributed by atoms with van der Waals surface area (Å²) in [4.78, 5) is 12.0. The summed E-state index contributed by atoms with van der Waals surface area (Å²) >= 11 is 5.10. The third-order valence-electron chi connectivity index (χ3n) is 3.25. The van der Waals surface area contributed by atoms with Crippen molar-refractivity contribution in [3.05, 3.63) is 29.8 Å². The van der Waals surface area contributed by atoms with Crippen molar-refractivity contribution in [2.24, 2.45) is 0 Å². The molecule has 0 heterocycles. The Morgan fingerprint density at radius 1 is 1.19 bits per heavy atom. The molecule has 2 N–H and O–H groups in total. The van der Waals surface area contributed by atoms with Gasteiger partial charge in [-0.3, -0.25) is 10.1 Å². The van der Waals surface area contributed by atoms with Crippen LogP contribution in [-0.4, -0.2) is 23.2 Å². The van der Waals surface area contributed by atoms with Gasteiger partial charge in [0.15, 0.2) is 5.11 Å². The van der Waals surface area contributed by atoms with Gasteiger partial charge in [-0.15, -0.1) is 0 Å². The molecule has 0 fully saturated rings. The summed E-state index contributed by atoms with van der Waals surface area (Å²) in [5.41, 5.74) is 0.555. The quantitative estimate of drug-likeness (QED) is 0.792. The van der Waals surface area contributed by atoms with Gasteiger partial charge in [0, 0.05) is 11.6 Å². The molecule has 1 aromatic rings. The van der Waals surface area contributed by atoms with Crippen LogP contribution in [0.4, 0.5) is 0 Å². The molecule has 21 heavy (non-hydrogen) atoms. The highest BCUT2D eigenvalue weighted by Crippen LogP contribution is 2.14. The molecule has 0 aliphatic carbocycles. The predicted octanol–water partition coefficient (Wildman–Crippen LogP) is 3.27. The fourth-order valence-corrected chi connectivity index (χ4v) is 1.83. The fraction of sp³-hybridized carbons (Fsp3) is 0.500. The fourth-order valence-electron chi connectivity index (χ4n) is 1.54. The van der Waals surface area contributed by atoms with Crippen LogP contribution in [0.15, 0.2) is 24.3 Å². The van der Waals surface area contributed by atoms with E-state index in [1.165, 1.54) is 0 Å². The highest BCUT2D eigenvalue weighted by molar-refractivity contribution is 7.80. The number of hydrogen-bond donors (Lipinski definition) is 2. The molecular weight excluding hydrogens is 284 g/mol. The van der Waals surface area contributed by atoms with Crippen LogP contribution >= 0.6 is 12.2 Å². The molecule has 1 amide bonds. The minimum atomic E-state index is -0.217. The van der Waals surface area contributed by atoms with Gasteiger partial charge in [-0.2, -0.15) is 0 Å². The smallest absolute Gasteiger partial charge is 0.257 e. The summed E-state index contributed by atoms with van der Waals surface area (Å²) in [5, 5.41) is 6.08. The minimum absolute atomic E-state index is 0.164. The molecule has 0 bridgehead atoms. The van der Waals surface area contributed by atoms with Crippen molar-refractivity contribution < 1.29 is 9.53 Å². The third-order valence-corrected chi connectivity index (χ3v) is 3.47. The first-order valence-electron chi connectivity index (χ1n) is 7.34. The lowest BCUT2D eigenvalue weighted by atomic mass is 10.2. The van der Waals surface area contributed by atoms with Crippen LogP contribution in [0.1, 0.15) is 50.9 Å². The number of hydrogen-bond acceptors (Lipinski definition) is 3. The molecule has 0 saturated heterocycles. The molecule has 2 unspecified atom stereocenters. The summed E-state index contributed by atoms with van der Waals surface area (Å²) in [5.74, 6) is 0.548. The van der Waals surface area contributed by atoms with Crippen molar-refractivity contribution in [2.45, 2.75) is 52.7 Å². The zero-order valence-electron chi connectivity index (χ0n) is 13.1. The van der Waals surface area contributed by atoms with E-state index in [4.69, 9.17) is 17.0 Å². The minimum Gasteiger partial charge on any atom is -0.491 e. The van der Waals surface area contributed by atoms with Gasteiger partial charge in [-0.25, -0.2) is 0 Å². The second-order valence-electron chi connectivity index (χ2n) is 5.10. The van der Waals surface area contributed by atoms with E-state index in [-0.39, 0.29) is 18.1 Å². The molecule has 0 saturated carbocycles. The number of carbonyl (C=O) groups excluding carboxylic acids is 1. The van der Waals surface area contributed by atoms with Crippen LogP contribution in [0.2, 0.25) is 0 Å². The Bertz CT molecular complexity index is 474. The molecule has 0 radical (unpaired) electrons. The molecule has 5 heteroatoms. The lowest BCUT2D eigenvalue weighted by molar-refractivity contribution is 0.0976. The summed E-state index contributed by atoms with van der Waals surface area (Å²) in [6.07, 6.45) is 2.05. The van der Waals surface area contributed by atoms with Crippen LogP contribution in [0.5, 0.6) is 5.75 Å². The molecule has 1 rings (SSSR count). The van der Waals surface area contributed by atoms with E-state index in [2.05, 4.69) is 24.5 Å². The van der Waals surface area contributed by atoms with E-state index in [0.29, 0.717) is 10.7 Å². The van der Waals surface area contributed by atoms with Crippen molar-refractivity contribution in [1.82, 2.24) is 10.6 Å². The van der Waals surface area contributed by atoms with Crippen molar-refractivity contribution in [1.29, 1.82) is 0 Å². The maximum atomic E-state index is 12.0. The maximum absolute atomic E-state index is 12.0. The van der Waals surface area contributed by atoms with Gasteiger partial charge in [0.05, 0.1) is 6.10 Å². The van der Waals surface area contributed by atoms with Crippen molar-refractivity contribution in [3.63, 3.8) is 0 Å². The van der Waals surface area contributed by atoms with Gasteiger partial charge in [-0.05, 0) is 63.2 Å². The Morgan fingerprint density at radius 3 is 2.33 bits per heavy atom. The summed E-state index contributed by atoms with van der Waals surface area (Å²) in [6, 6.07) is 7.31. The highest BCUT2D eigenvalue weighted by Gasteiger charge is 2.09. The number of thiocarbonyl (C=S) groups is 1. The molecule has 0 aromatic heterocycles. The average molecular weight is 308 g/mol. The number of carbonyl (C=O) groups is 1. The average Bonchev–Trinajstić information content (AvgIpc) is 2.47. The Morgan fingerprint density at radius 2 is 1.81 bits per heavy atom. The molecule has 0 aliphatic heterocycles. The predicted molar refractivity (Wildman–Crippen MR) is 89.8 cm³/mol. The molecular formula is C16H24N2O2S. The number of benzene rings is 1. The largest absolute Gasteiger partial charge is 0.491 e. The second-order valence-corrected chi connectivity index (χ2v) is 5.51. The van der Waals surface area contributed by atoms with Crippen LogP contribution in [-0.2, 0) is 0 Å². The Labute approximate surface area is 132 Å². The zero-order chi connectivity index (χ0) is 15.8. The molecule has 0 spiro atoms. The van der Waals surface area contributed by atoms with Gasteiger partial charge in [0.1, 0.15) is 5.75 Å². The normalized spacial score (nSPS) is 13.1. The Kier molecular flexibility index (Phi) is 7.15. The van der Waals surface area contributed by atoms with Gasteiger partial charge < -0.3 is 10.1 Å². The van der Waals surface area contributed by atoms with Crippen molar-refractivity contribution in [3.8, 4) is 5.75 Å². The first kappa shape index (κ1) is 17.4. The lowest BCUT2D eigenvalue weighted by Gasteiger charge is -2.15. The molecule has 2 atom stereocenters. The second kappa shape index (κ2) is 8.62. The molecule has 0 aliphatic rings. The third kappa shape index (κ3) is 6.12. The van der Waals surface area contributed by atoms with E-state index in [0.717, 1.165) is 18.6 Å². The topological polar surface area (TPSA) is 50.4 Å². The van der Waals surface area contributed by atoms with E-state index in [9.17, 15) is 4.79 Å². The van der Waals surface area contributed by atoms with Crippen molar-refractivity contribution >= 4 is 23.2 Å². The van der Waals surface area contributed by atoms with Crippen LogP contribution in [0.25, 0.3) is 0 Å². The standard InChI is InChI=1S/C16H24N2O2S/c1-5-11(3)17-16(21)18-15(19)13-7-9-14(10-8-13)20-12(4)6-2/h7-12H,5-6H2,1-4H3,(H2,17,18,19,21). The molecule has 1 aromatic carbocycles. The van der Waals surface area contributed by atoms with E-state index >= 15 is 0 Å². The first-order valence-corrected chi connectivity index (χ1v) is 7.75. The Balaban J connectivity index is 2.57. The maximum Gasteiger partial charge on any atom is 0.257 e. The van der Waals surface area contributed by atoms with E-state index in [1.54, 1.807) is 24.3 Å². The molecule has 4 nitrogen and oxygen atoms in total. The summed E-state index contributed by atoms with van der Waals surface area (Å²) in [7, 11) is 0. The van der Waals surface area contributed by atoms with E-state index in [1.807, 2.05) is 13.8 Å². The van der Waals surface area contributed by atoms with Crippen molar-refractivity contribution in [2.75, 3.05) is 0 Å². The van der Waals surface area contributed by atoms with Crippen LogP contribution < -0.4 is 15.4 Å². The van der Waals surface area contributed by atoms with Gasteiger partial charge in [0.2, 0.25) is 0 Å². The SMILES string of the molecule is CCC(C)NC(=S)NC(=O)c1ccc(OC(C)CC)cc1. The van der Waals surface area contributed by atoms with Crippen LogP contribution in [0, 0.1) is 0 Å². The number of amides is 1. The number of ether oxygens (including phenoxy) is 1. The van der Waals surface area contributed by atoms with E-state index < -0.39 is 0 Å². The zero-order valence-corrected chi connectivity index (χ0v) is 13.9. The van der Waals surface area contributed by atoms with Crippen LogP contribution in [0.3, 0.4) is 0 Å². The lowest BCUT2D eigenvalue weighted by Crippen LogP contribution is -2.43.